The fourth-order valence-corrected chi connectivity index (χ4v) is 3.33. The topological polar surface area (TPSA) is 72.2 Å². The van der Waals surface area contributed by atoms with Gasteiger partial charge in [-0.05, 0) is 23.6 Å². The molecule has 0 aromatic heterocycles. The second-order valence-corrected chi connectivity index (χ2v) is 6.86. The smallest absolute Gasteiger partial charge is 0.215 e. The monoisotopic (exact) mass is 304 g/mol. The van der Waals surface area contributed by atoms with Crippen LogP contribution in [0.25, 0.3) is 0 Å². The van der Waals surface area contributed by atoms with Crippen LogP contribution in [0, 0.1) is 6.92 Å². The highest BCUT2D eigenvalue weighted by Gasteiger charge is 2.15. The molecule has 0 bridgehead atoms. The predicted octanol–water partition coefficient (Wildman–Crippen LogP) is 2.11. The van der Waals surface area contributed by atoms with Gasteiger partial charge in [0.1, 0.15) is 0 Å². The van der Waals surface area contributed by atoms with Crippen LogP contribution in [0.15, 0.2) is 54.6 Å². The number of nitrogens with one attached hydrogen (secondary N) is 1. The number of hydrogen-bond acceptors (Lipinski definition) is 3. The van der Waals surface area contributed by atoms with E-state index >= 15 is 0 Å². The largest absolute Gasteiger partial charge is 0.323 e. The number of hydrogen-bond donors (Lipinski definition) is 2. The molecule has 1 atom stereocenters. The van der Waals surface area contributed by atoms with E-state index in [1.54, 1.807) is 0 Å². The minimum atomic E-state index is -3.39. The molecule has 0 heterocycles. The lowest BCUT2D eigenvalue weighted by Gasteiger charge is -2.14. The first-order chi connectivity index (χ1) is 9.98. The van der Waals surface area contributed by atoms with E-state index < -0.39 is 10.0 Å². The molecular formula is C16H20N2O2S. The van der Waals surface area contributed by atoms with Crippen molar-refractivity contribution in [3.05, 3.63) is 71.3 Å². The summed E-state index contributed by atoms with van der Waals surface area (Å²) in [4.78, 5) is 0. The van der Waals surface area contributed by atoms with Crippen molar-refractivity contribution in [3.63, 3.8) is 0 Å². The number of sulfonamides is 1. The standard InChI is InChI=1S/C16H20N2O2S/c1-13-7-5-6-10-15(13)12-21(19,20)18-11-16(17)14-8-3-2-4-9-14/h2-10,16,18H,11-12,17H2,1H3/t16-/m0/s1. The Balaban J connectivity index is 1.97. The average Bonchev–Trinajstić information content (AvgIpc) is 2.48. The first-order valence-corrected chi connectivity index (χ1v) is 8.45. The molecule has 5 heteroatoms. The highest BCUT2D eigenvalue weighted by Crippen LogP contribution is 2.12. The lowest BCUT2D eigenvalue weighted by Crippen LogP contribution is -2.32. The maximum absolute atomic E-state index is 12.1. The number of aryl methyl sites for hydroxylation is 1. The molecule has 4 nitrogen and oxygen atoms in total. The van der Waals surface area contributed by atoms with Crippen LogP contribution in [0.5, 0.6) is 0 Å². The second-order valence-electron chi connectivity index (χ2n) is 5.05. The van der Waals surface area contributed by atoms with Gasteiger partial charge < -0.3 is 5.73 Å². The summed E-state index contributed by atoms with van der Waals surface area (Å²) < 4.78 is 26.8. The molecule has 0 aliphatic heterocycles. The van der Waals surface area contributed by atoms with E-state index in [9.17, 15) is 8.42 Å². The van der Waals surface area contributed by atoms with Crippen LogP contribution >= 0.6 is 0 Å². The van der Waals surface area contributed by atoms with Gasteiger partial charge in [-0.1, -0.05) is 54.6 Å². The van der Waals surface area contributed by atoms with Gasteiger partial charge in [0, 0.05) is 12.6 Å². The summed E-state index contributed by atoms with van der Waals surface area (Å²) in [6.07, 6.45) is 0. The van der Waals surface area contributed by atoms with Crippen LogP contribution in [0.4, 0.5) is 0 Å². The van der Waals surface area contributed by atoms with E-state index in [1.165, 1.54) is 0 Å². The van der Waals surface area contributed by atoms with E-state index in [-0.39, 0.29) is 18.3 Å². The second kappa shape index (κ2) is 6.85. The average molecular weight is 304 g/mol. The Morgan fingerprint density at radius 1 is 1.05 bits per heavy atom. The van der Waals surface area contributed by atoms with Crippen LogP contribution in [0.3, 0.4) is 0 Å². The van der Waals surface area contributed by atoms with Gasteiger partial charge in [-0.2, -0.15) is 0 Å². The van der Waals surface area contributed by atoms with Gasteiger partial charge >= 0.3 is 0 Å². The molecule has 0 aliphatic carbocycles. The molecule has 0 fully saturated rings. The lowest BCUT2D eigenvalue weighted by atomic mass is 10.1. The van der Waals surface area contributed by atoms with Crippen molar-refractivity contribution in [2.75, 3.05) is 6.54 Å². The zero-order chi connectivity index (χ0) is 15.3. The Morgan fingerprint density at radius 2 is 1.67 bits per heavy atom. The van der Waals surface area contributed by atoms with Crippen molar-refractivity contribution in [1.29, 1.82) is 0 Å². The van der Waals surface area contributed by atoms with Gasteiger partial charge in [-0.25, -0.2) is 13.1 Å². The summed E-state index contributed by atoms with van der Waals surface area (Å²) >= 11 is 0. The third-order valence-electron chi connectivity index (χ3n) is 3.36. The molecule has 2 aromatic rings. The molecule has 2 rings (SSSR count). The first kappa shape index (κ1) is 15.7. The maximum atomic E-state index is 12.1. The zero-order valence-corrected chi connectivity index (χ0v) is 12.8. The third-order valence-corrected chi connectivity index (χ3v) is 4.66. The van der Waals surface area contributed by atoms with E-state index in [2.05, 4.69) is 4.72 Å². The third kappa shape index (κ3) is 4.67. The number of benzene rings is 2. The Morgan fingerprint density at radius 3 is 2.33 bits per heavy atom. The van der Waals surface area contributed by atoms with Crippen molar-refractivity contribution < 1.29 is 8.42 Å². The fraction of sp³-hybridized carbons (Fsp3) is 0.250. The van der Waals surface area contributed by atoms with E-state index in [4.69, 9.17) is 5.73 Å². The zero-order valence-electron chi connectivity index (χ0n) is 12.0. The first-order valence-electron chi connectivity index (χ1n) is 6.80. The molecule has 0 aliphatic rings. The van der Waals surface area contributed by atoms with Crippen LogP contribution < -0.4 is 10.5 Å². The summed E-state index contributed by atoms with van der Waals surface area (Å²) in [5.41, 5.74) is 8.68. The van der Waals surface area contributed by atoms with Crippen molar-refractivity contribution in [3.8, 4) is 0 Å². The molecule has 0 saturated heterocycles. The van der Waals surface area contributed by atoms with Crippen LogP contribution in [0.1, 0.15) is 22.7 Å². The van der Waals surface area contributed by atoms with Crippen molar-refractivity contribution in [2.45, 2.75) is 18.7 Å². The Kier molecular flexibility index (Phi) is 5.12. The molecule has 2 aromatic carbocycles. The summed E-state index contributed by atoms with van der Waals surface area (Å²) in [6, 6.07) is 16.6. The normalized spacial score (nSPS) is 13.0. The summed E-state index contributed by atoms with van der Waals surface area (Å²) in [7, 11) is -3.39. The summed E-state index contributed by atoms with van der Waals surface area (Å²) in [6.45, 7) is 2.10. The highest BCUT2D eigenvalue weighted by molar-refractivity contribution is 7.88. The molecule has 112 valence electrons. The van der Waals surface area contributed by atoms with E-state index in [0.29, 0.717) is 0 Å². The highest BCUT2D eigenvalue weighted by atomic mass is 32.2. The molecule has 0 radical (unpaired) electrons. The molecular weight excluding hydrogens is 284 g/mol. The van der Waals surface area contributed by atoms with Crippen LogP contribution in [0.2, 0.25) is 0 Å². The van der Waals surface area contributed by atoms with Gasteiger partial charge in [-0.15, -0.1) is 0 Å². The van der Waals surface area contributed by atoms with Crippen LogP contribution in [-0.2, 0) is 15.8 Å². The van der Waals surface area contributed by atoms with Crippen LogP contribution in [-0.4, -0.2) is 15.0 Å². The maximum Gasteiger partial charge on any atom is 0.215 e. The lowest BCUT2D eigenvalue weighted by molar-refractivity contribution is 0.571. The van der Waals surface area contributed by atoms with E-state index in [1.807, 2.05) is 61.5 Å². The minimum absolute atomic E-state index is 0.0266. The Bertz CT molecular complexity index is 684. The summed E-state index contributed by atoms with van der Waals surface area (Å²) in [5, 5.41) is 0. The predicted molar refractivity (Wildman–Crippen MR) is 85.2 cm³/mol. The molecule has 21 heavy (non-hydrogen) atoms. The van der Waals surface area contributed by atoms with Gasteiger partial charge in [0.25, 0.3) is 0 Å². The molecule has 0 saturated carbocycles. The van der Waals surface area contributed by atoms with Gasteiger partial charge in [0.2, 0.25) is 10.0 Å². The SMILES string of the molecule is Cc1ccccc1CS(=O)(=O)NC[C@H](N)c1ccccc1. The molecule has 0 amide bonds. The van der Waals surface area contributed by atoms with Gasteiger partial charge in [0.05, 0.1) is 5.75 Å². The quantitative estimate of drug-likeness (QED) is 0.858. The summed E-state index contributed by atoms with van der Waals surface area (Å²) in [5.74, 6) is -0.0266. The fourth-order valence-electron chi connectivity index (χ4n) is 2.06. The van der Waals surface area contributed by atoms with Crippen molar-refractivity contribution in [1.82, 2.24) is 4.72 Å². The van der Waals surface area contributed by atoms with E-state index in [0.717, 1.165) is 16.7 Å². The molecule has 0 unspecified atom stereocenters. The Hall–Kier alpha value is -1.69. The number of rotatable bonds is 6. The minimum Gasteiger partial charge on any atom is -0.323 e. The van der Waals surface area contributed by atoms with Crippen molar-refractivity contribution >= 4 is 10.0 Å². The van der Waals surface area contributed by atoms with Gasteiger partial charge in [0.15, 0.2) is 0 Å². The molecule has 0 spiro atoms. The Labute approximate surface area is 126 Å². The van der Waals surface area contributed by atoms with Crippen molar-refractivity contribution in [2.24, 2.45) is 5.73 Å². The van der Waals surface area contributed by atoms with Gasteiger partial charge in [-0.3, -0.25) is 0 Å². The number of nitrogens with two attached hydrogens (primary N) is 1. The molecule has 3 N–H and O–H groups in total.